The van der Waals surface area contributed by atoms with E-state index in [9.17, 15) is 29.3 Å². The lowest BCUT2D eigenvalue weighted by Crippen LogP contribution is -2.28. The van der Waals surface area contributed by atoms with Crippen LogP contribution in [0, 0.1) is 0 Å². The topological polar surface area (TPSA) is 149 Å². The Kier molecular flexibility index (Phi) is 34.4. The molecule has 0 amide bonds. The van der Waals surface area contributed by atoms with Crippen molar-refractivity contribution in [1.29, 1.82) is 0 Å². The van der Waals surface area contributed by atoms with Crippen LogP contribution >= 0.6 is 7.82 Å². The van der Waals surface area contributed by atoms with E-state index in [1.165, 1.54) is 19.3 Å². The first kappa shape index (κ1) is 48.7. The molecule has 0 saturated carbocycles. The van der Waals surface area contributed by atoms with Gasteiger partial charge >= 0.3 is 19.8 Å². The number of esters is 2. The highest BCUT2D eigenvalue weighted by molar-refractivity contribution is 7.47. The maximum Gasteiger partial charge on any atom is 0.472 e. The summed E-state index contributed by atoms with van der Waals surface area (Å²) in [4.78, 5) is 34.4. The Morgan fingerprint density at radius 1 is 0.549 bits per heavy atom. The summed E-state index contributed by atoms with van der Waals surface area (Å²) in [5.41, 5.74) is 0. The number of unbranched alkanes of at least 4 members (excludes halogenated alkanes) is 11. The van der Waals surface area contributed by atoms with E-state index in [4.69, 9.17) is 18.5 Å². The maximum absolute atomic E-state index is 12.3. The summed E-state index contributed by atoms with van der Waals surface area (Å²) in [5, 5.41) is 19.1. The monoisotopic (exact) mass is 740 g/mol. The number of aliphatic hydroxyl groups is 2. The quantitative estimate of drug-likeness (QED) is 0.0248. The highest BCUT2D eigenvalue weighted by atomic mass is 31.2. The molecule has 0 rings (SSSR count). The smallest absolute Gasteiger partial charge is 0.457 e. The average Bonchev–Trinajstić information content (AvgIpc) is 3.12. The van der Waals surface area contributed by atoms with Crippen molar-refractivity contribution in [2.24, 2.45) is 0 Å². The molecule has 0 spiro atoms. The number of hydrogen-bond donors (Lipinski definition) is 3. The maximum atomic E-state index is 12.3. The number of phosphoric ester groups is 1. The molecule has 0 aromatic rings. The minimum Gasteiger partial charge on any atom is -0.457 e. The molecule has 51 heavy (non-hydrogen) atoms. The van der Waals surface area contributed by atoms with Gasteiger partial charge in [-0.25, -0.2) is 4.57 Å². The Labute approximate surface area is 308 Å². The van der Waals surface area contributed by atoms with Crippen molar-refractivity contribution >= 4 is 19.8 Å². The summed E-state index contributed by atoms with van der Waals surface area (Å²) >= 11 is 0. The second kappa shape index (κ2) is 36.0. The van der Waals surface area contributed by atoms with Crippen molar-refractivity contribution in [3.05, 3.63) is 60.8 Å². The highest BCUT2D eigenvalue weighted by Gasteiger charge is 2.27. The van der Waals surface area contributed by atoms with Gasteiger partial charge in [0.15, 0.2) is 0 Å². The first-order valence-corrected chi connectivity index (χ1v) is 20.7. The molecule has 10 nitrogen and oxygen atoms in total. The van der Waals surface area contributed by atoms with Gasteiger partial charge in [-0.2, -0.15) is 0 Å². The van der Waals surface area contributed by atoms with E-state index in [1.807, 2.05) is 0 Å². The summed E-state index contributed by atoms with van der Waals surface area (Å²) in [7, 11) is -4.64. The Balaban J connectivity index is 4.05. The molecule has 3 atom stereocenters. The molecule has 294 valence electrons. The molecule has 3 unspecified atom stereocenters. The second-order valence-corrected chi connectivity index (χ2v) is 14.0. The van der Waals surface area contributed by atoms with E-state index in [1.54, 1.807) is 0 Å². The first-order valence-electron chi connectivity index (χ1n) is 19.2. The van der Waals surface area contributed by atoms with Crippen LogP contribution in [0.2, 0.25) is 0 Å². The lowest BCUT2D eigenvalue weighted by molar-refractivity contribution is -0.153. The predicted octanol–water partition coefficient (Wildman–Crippen LogP) is 9.55. The largest absolute Gasteiger partial charge is 0.472 e. The van der Waals surface area contributed by atoms with Crippen LogP contribution in [0.25, 0.3) is 0 Å². The van der Waals surface area contributed by atoms with Gasteiger partial charge in [0.1, 0.15) is 12.2 Å². The SMILES string of the molecule is CC/C=C\C/C=C\C/C=C\CCCCCC(=O)OC(CO)COP(=O)(O)OCC(CO)OC(=O)CCCCCCC/C=C\C/C=C\CCCCC. The molecular weight excluding hydrogens is 671 g/mol. The Morgan fingerprint density at radius 3 is 1.35 bits per heavy atom. The van der Waals surface area contributed by atoms with Gasteiger partial charge in [-0.3, -0.25) is 18.6 Å². The zero-order valence-electron chi connectivity index (χ0n) is 31.5. The van der Waals surface area contributed by atoms with Crippen LogP contribution in [-0.4, -0.2) is 65.7 Å². The Hall–Kier alpha value is -2.33. The number of rotatable bonds is 35. The van der Waals surface area contributed by atoms with Gasteiger partial charge in [-0.15, -0.1) is 0 Å². The van der Waals surface area contributed by atoms with E-state index < -0.39 is 58.4 Å². The Bertz CT molecular complexity index is 1040. The van der Waals surface area contributed by atoms with Crippen LogP contribution in [0.1, 0.15) is 142 Å². The minimum absolute atomic E-state index is 0.153. The van der Waals surface area contributed by atoms with Crippen LogP contribution in [0.4, 0.5) is 0 Å². The summed E-state index contributed by atoms with van der Waals surface area (Å²) in [6.07, 6.45) is 37.7. The fraction of sp³-hybridized carbons (Fsp3) is 0.700. The molecule has 0 aliphatic rings. The van der Waals surface area contributed by atoms with Crippen LogP contribution in [-0.2, 0) is 32.7 Å². The van der Waals surface area contributed by atoms with Gasteiger partial charge in [-0.05, 0) is 77.0 Å². The van der Waals surface area contributed by atoms with Crippen molar-refractivity contribution in [2.45, 2.75) is 154 Å². The average molecular weight is 741 g/mol. The number of phosphoric acid groups is 1. The van der Waals surface area contributed by atoms with Gasteiger partial charge in [-0.1, -0.05) is 113 Å². The van der Waals surface area contributed by atoms with Crippen LogP contribution in [0.15, 0.2) is 60.8 Å². The van der Waals surface area contributed by atoms with Crippen molar-refractivity contribution in [3.63, 3.8) is 0 Å². The number of carbonyl (C=O) groups excluding carboxylic acids is 2. The Morgan fingerprint density at radius 2 is 0.922 bits per heavy atom. The lowest BCUT2D eigenvalue weighted by Gasteiger charge is -2.20. The number of hydrogen-bond acceptors (Lipinski definition) is 9. The summed E-state index contributed by atoms with van der Waals surface area (Å²) in [6, 6.07) is 0. The summed E-state index contributed by atoms with van der Waals surface area (Å²) in [5.74, 6) is -1.07. The standard InChI is InChI=1S/C40H69O10P/c1-3-5-7-9-11-13-15-17-18-20-22-24-26-28-30-32-40(44)50-38(34-42)36-48-51(45,46)47-35-37(33-41)49-39(43)31-29-27-25-23-21-19-16-14-12-10-8-6-4-2/h6,8,11-14,17-19,21,37-38,41-42H,3-5,7,9-10,15-16,20,22-36H2,1-2H3,(H,45,46)/b8-6-,13-11-,14-12-,18-17-,21-19-. The second-order valence-electron chi connectivity index (χ2n) is 12.5. The summed E-state index contributed by atoms with van der Waals surface area (Å²) < 4.78 is 32.4. The third kappa shape index (κ3) is 34.5. The van der Waals surface area contributed by atoms with Crippen LogP contribution in [0.5, 0.6) is 0 Å². The third-order valence-electron chi connectivity index (χ3n) is 7.71. The number of aliphatic hydroxyl groups excluding tert-OH is 2. The molecule has 0 saturated heterocycles. The van der Waals surface area contributed by atoms with Crippen molar-refractivity contribution in [2.75, 3.05) is 26.4 Å². The fourth-order valence-corrected chi connectivity index (χ4v) is 5.53. The van der Waals surface area contributed by atoms with Crippen molar-refractivity contribution in [3.8, 4) is 0 Å². The van der Waals surface area contributed by atoms with Gasteiger partial charge in [0.25, 0.3) is 0 Å². The molecule has 0 bridgehead atoms. The zero-order valence-corrected chi connectivity index (χ0v) is 32.4. The predicted molar refractivity (Wildman–Crippen MR) is 205 cm³/mol. The number of ether oxygens (including phenoxy) is 2. The van der Waals surface area contributed by atoms with Gasteiger partial charge in [0, 0.05) is 12.8 Å². The van der Waals surface area contributed by atoms with E-state index in [0.717, 1.165) is 83.5 Å². The molecule has 0 aliphatic heterocycles. The molecule has 0 heterocycles. The molecule has 3 N–H and O–H groups in total. The number of allylic oxidation sites excluding steroid dienone is 10. The molecular formula is C40H69O10P. The minimum atomic E-state index is -4.64. The van der Waals surface area contributed by atoms with Crippen molar-refractivity contribution < 1.29 is 47.8 Å². The molecule has 0 aliphatic carbocycles. The van der Waals surface area contributed by atoms with Gasteiger partial charge < -0.3 is 24.6 Å². The van der Waals surface area contributed by atoms with E-state index in [-0.39, 0.29) is 12.8 Å². The van der Waals surface area contributed by atoms with Gasteiger partial charge in [0.2, 0.25) is 0 Å². The molecule has 0 fully saturated rings. The molecule has 0 radical (unpaired) electrons. The van der Waals surface area contributed by atoms with Crippen molar-refractivity contribution in [1.82, 2.24) is 0 Å². The van der Waals surface area contributed by atoms with E-state index in [0.29, 0.717) is 12.8 Å². The number of carbonyl (C=O) groups is 2. The normalized spacial score (nSPS) is 14.7. The van der Waals surface area contributed by atoms with Gasteiger partial charge in [0.05, 0.1) is 26.4 Å². The molecule has 11 heteroatoms. The first-order chi connectivity index (χ1) is 24.8. The van der Waals surface area contributed by atoms with Crippen LogP contribution < -0.4 is 0 Å². The fourth-order valence-electron chi connectivity index (χ4n) is 4.75. The third-order valence-corrected chi connectivity index (χ3v) is 8.66. The van der Waals surface area contributed by atoms with E-state index >= 15 is 0 Å². The lowest BCUT2D eigenvalue weighted by atomic mass is 10.1. The zero-order chi connectivity index (χ0) is 37.7. The highest BCUT2D eigenvalue weighted by Crippen LogP contribution is 2.43. The van der Waals surface area contributed by atoms with Crippen LogP contribution in [0.3, 0.4) is 0 Å². The summed E-state index contributed by atoms with van der Waals surface area (Å²) in [6.45, 7) is 1.98. The van der Waals surface area contributed by atoms with E-state index in [2.05, 4.69) is 74.6 Å². The molecule has 0 aromatic heterocycles. The molecule has 0 aromatic carbocycles.